The third kappa shape index (κ3) is 5.78. The summed E-state index contributed by atoms with van der Waals surface area (Å²) in [5.74, 6) is -1.21. The van der Waals surface area contributed by atoms with E-state index in [0.717, 1.165) is 16.8 Å². The number of nitrogens with one attached hydrogen (secondary N) is 1. The van der Waals surface area contributed by atoms with Crippen LogP contribution in [0.3, 0.4) is 0 Å². The number of anilines is 1. The van der Waals surface area contributed by atoms with Gasteiger partial charge < -0.3 is 15.0 Å². The second-order valence-corrected chi connectivity index (χ2v) is 6.86. The molecule has 1 heterocycles. The molecule has 0 aliphatic carbocycles. The average Bonchev–Trinajstić information content (AvgIpc) is 2.91. The topological polar surface area (TPSA) is 75.7 Å². The molecule has 1 atom stereocenters. The Labute approximate surface area is 170 Å². The lowest BCUT2D eigenvalue weighted by Crippen LogP contribution is -2.36. The molecule has 1 unspecified atom stereocenters. The number of rotatable bonds is 8. The molecule has 0 saturated carbocycles. The van der Waals surface area contributed by atoms with Crippen molar-refractivity contribution in [1.29, 1.82) is 0 Å². The molecule has 6 heteroatoms. The molecule has 3 rings (SSSR count). The number of esters is 1. The van der Waals surface area contributed by atoms with Crippen LogP contribution in [0, 0.1) is 5.92 Å². The SMILES string of the molecule is O=CNCC1=CC(CC(=O)OCc2ccccc2)C(=O)N(c2ccccc2)CC1. The van der Waals surface area contributed by atoms with Crippen molar-refractivity contribution in [2.24, 2.45) is 5.92 Å². The maximum Gasteiger partial charge on any atom is 0.307 e. The molecule has 0 spiro atoms. The lowest BCUT2D eigenvalue weighted by Gasteiger charge is -2.24. The van der Waals surface area contributed by atoms with Gasteiger partial charge in [0.2, 0.25) is 12.3 Å². The van der Waals surface area contributed by atoms with Crippen molar-refractivity contribution in [2.45, 2.75) is 19.4 Å². The van der Waals surface area contributed by atoms with Gasteiger partial charge in [-0.15, -0.1) is 0 Å². The minimum Gasteiger partial charge on any atom is -0.461 e. The number of amides is 2. The van der Waals surface area contributed by atoms with Crippen LogP contribution in [-0.2, 0) is 25.7 Å². The van der Waals surface area contributed by atoms with Gasteiger partial charge >= 0.3 is 5.97 Å². The summed E-state index contributed by atoms with van der Waals surface area (Å²) < 4.78 is 5.37. The third-order valence-corrected chi connectivity index (χ3v) is 4.79. The minimum absolute atomic E-state index is 0.0421. The van der Waals surface area contributed by atoms with E-state index in [4.69, 9.17) is 4.74 Å². The molecule has 1 aliphatic heterocycles. The lowest BCUT2D eigenvalue weighted by molar-refractivity contribution is -0.147. The van der Waals surface area contributed by atoms with Crippen molar-refractivity contribution in [1.82, 2.24) is 5.32 Å². The summed E-state index contributed by atoms with van der Waals surface area (Å²) in [4.78, 5) is 37.9. The number of para-hydroxylation sites is 1. The van der Waals surface area contributed by atoms with E-state index < -0.39 is 11.9 Å². The second-order valence-electron chi connectivity index (χ2n) is 6.86. The van der Waals surface area contributed by atoms with E-state index in [9.17, 15) is 14.4 Å². The molecule has 2 amide bonds. The van der Waals surface area contributed by atoms with Crippen molar-refractivity contribution in [3.8, 4) is 0 Å². The van der Waals surface area contributed by atoms with Crippen LogP contribution in [0.1, 0.15) is 18.4 Å². The summed E-state index contributed by atoms with van der Waals surface area (Å²) in [6, 6.07) is 18.8. The van der Waals surface area contributed by atoms with Gasteiger partial charge in [0.1, 0.15) is 6.61 Å². The maximum absolute atomic E-state index is 13.2. The fourth-order valence-corrected chi connectivity index (χ4v) is 3.31. The number of nitrogens with zero attached hydrogens (tertiary/aromatic N) is 1. The Balaban J connectivity index is 1.72. The van der Waals surface area contributed by atoms with Crippen molar-refractivity contribution in [2.75, 3.05) is 18.0 Å². The highest BCUT2D eigenvalue weighted by Crippen LogP contribution is 2.25. The first kappa shape index (κ1) is 20.3. The van der Waals surface area contributed by atoms with E-state index in [1.807, 2.05) is 60.7 Å². The summed E-state index contributed by atoms with van der Waals surface area (Å²) in [6.07, 6.45) is 3.01. The van der Waals surface area contributed by atoms with E-state index in [1.54, 1.807) is 11.0 Å². The normalized spacial score (nSPS) is 16.6. The van der Waals surface area contributed by atoms with Gasteiger partial charge in [-0.1, -0.05) is 60.2 Å². The van der Waals surface area contributed by atoms with Gasteiger partial charge in [-0.25, -0.2) is 0 Å². The molecular weight excluding hydrogens is 368 g/mol. The predicted molar refractivity (Wildman–Crippen MR) is 110 cm³/mol. The quantitative estimate of drug-likeness (QED) is 0.426. The second kappa shape index (κ2) is 10.2. The molecule has 2 aromatic rings. The molecule has 0 fully saturated rings. The summed E-state index contributed by atoms with van der Waals surface area (Å²) in [6.45, 7) is 1.02. The number of hydrogen-bond acceptors (Lipinski definition) is 4. The minimum atomic E-state index is -0.635. The molecule has 0 saturated heterocycles. The van der Waals surface area contributed by atoms with Crippen LogP contribution in [0.15, 0.2) is 72.3 Å². The highest BCUT2D eigenvalue weighted by Gasteiger charge is 2.29. The molecule has 1 N–H and O–H groups in total. The molecule has 0 bridgehead atoms. The van der Waals surface area contributed by atoms with Crippen LogP contribution in [0.25, 0.3) is 0 Å². The van der Waals surface area contributed by atoms with Crippen molar-refractivity contribution >= 4 is 24.0 Å². The highest BCUT2D eigenvalue weighted by molar-refractivity contribution is 5.98. The average molecular weight is 392 g/mol. The van der Waals surface area contributed by atoms with Crippen LogP contribution in [0.4, 0.5) is 5.69 Å². The third-order valence-electron chi connectivity index (χ3n) is 4.79. The van der Waals surface area contributed by atoms with E-state index in [2.05, 4.69) is 5.32 Å². The number of carbonyl (C=O) groups excluding carboxylic acids is 3. The lowest BCUT2D eigenvalue weighted by atomic mass is 10.0. The molecule has 2 aromatic carbocycles. The van der Waals surface area contributed by atoms with E-state index >= 15 is 0 Å². The highest BCUT2D eigenvalue weighted by atomic mass is 16.5. The first-order valence-electron chi connectivity index (χ1n) is 9.60. The van der Waals surface area contributed by atoms with E-state index in [1.165, 1.54) is 0 Å². The van der Waals surface area contributed by atoms with Crippen LogP contribution in [0.5, 0.6) is 0 Å². The van der Waals surface area contributed by atoms with Crippen LogP contribution in [-0.4, -0.2) is 31.4 Å². The fraction of sp³-hybridized carbons (Fsp3) is 0.261. The van der Waals surface area contributed by atoms with Gasteiger partial charge in [-0.2, -0.15) is 0 Å². The number of ether oxygens (including phenoxy) is 1. The molecule has 0 aromatic heterocycles. The molecule has 150 valence electrons. The summed E-state index contributed by atoms with van der Waals surface area (Å²) in [5, 5.41) is 2.64. The Morgan fingerprint density at radius 3 is 2.48 bits per heavy atom. The fourth-order valence-electron chi connectivity index (χ4n) is 3.31. The van der Waals surface area contributed by atoms with Gasteiger partial charge in [0.05, 0.1) is 12.3 Å². The first-order chi connectivity index (χ1) is 14.2. The van der Waals surface area contributed by atoms with Gasteiger partial charge in [0.25, 0.3) is 0 Å². The standard InChI is InChI=1S/C23H24N2O4/c26-17-24-15-19-11-12-25(21-9-5-2-6-10-21)23(28)20(13-19)14-22(27)29-16-18-7-3-1-4-8-18/h1-10,13,17,20H,11-12,14-16H2,(H,24,26). The van der Waals surface area contributed by atoms with Crippen molar-refractivity contribution < 1.29 is 19.1 Å². The van der Waals surface area contributed by atoms with Crippen LogP contribution < -0.4 is 10.2 Å². The summed E-state index contributed by atoms with van der Waals surface area (Å²) in [7, 11) is 0. The largest absolute Gasteiger partial charge is 0.461 e. The molecule has 0 radical (unpaired) electrons. The number of hydrogen-bond donors (Lipinski definition) is 1. The Kier molecular flexibility index (Phi) is 7.16. The Morgan fingerprint density at radius 1 is 1.10 bits per heavy atom. The molecular formula is C23H24N2O4. The molecule has 6 nitrogen and oxygen atoms in total. The zero-order chi connectivity index (χ0) is 20.5. The predicted octanol–water partition coefficient (Wildman–Crippen LogP) is 2.85. The van der Waals surface area contributed by atoms with Gasteiger partial charge in [-0.05, 0) is 24.1 Å². The Morgan fingerprint density at radius 2 is 1.79 bits per heavy atom. The Bertz CT molecular complexity index is 865. The first-order valence-corrected chi connectivity index (χ1v) is 9.60. The Hall–Kier alpha value is -3.41. The molecule has 29 heavy (non-hydrogen) atoms. The zero-order valence-electron chi connectivity index (χ0n) is 16.1. The van der Waals surface area contributed by atoms with Crippen molar-refractivity contribution in [3.05, 3.63) is 77.9 Å². The van der Waals surface area contributed by atoms with Crippen molar-refractivity contribution in [3.63, 3.8) is 0 Å². The van der Waals surface area contributed by atoms with Gasteiger partial charge in [0, 0.05) is 18.8 Å². The summed E-state index contributed by atoms with van der Waals surface area (Å²) in [5.41, 5.74) is 2.60. The maximum atomic E-state index is 13.2. The zero-order valence-corrected chi connectivity index (χ0v) is 16.1. The smallest absolute Gasteiger partial charge is 0.307 e. The monoisotopic (exact) mass is 392 g/mol. The van der Waals surface area contributed by atoms with Crippen LogP contribution in [0.2, 0.25) is 0 Å². The summed E-state index contributed by atoms with van der Waals surface area (Å²) >= 11 is 0. The van der Waals surface area contributed by atoms with E-state index in [0.29, 0.717) is 25.9 Å². The number of benzene rings is 2. The molecule has 1 aliphatic rings. The van der Waals surface area contributed by atoms with E-state index in [-0.39, 0.29) is 18.9 Å². The van der Waals surface area contributed by atoms with Gasteiger partial charge in [0.15, 0.2) is 0 Å². The van der Waals surface area contributed by atoms with Crippen LogP contribution >= 0.6 is 0 Å². The number of carbonyl (C=O) groups is 3. The van der Waals surface area contributed by atoms with Gasteiger partial charge in [-0.3, -0.25) is 14.4 Å².